The minimum atomic E-state index is 0.552. The lowest BCUT2D eigenvalue weighted by atomic mass is 10.0. The molecule has 1 atom stereocenters. The number of nitrogens with one attached hydrogen (secondary N) is 1. The van der Waals surface area contributed by atoms with Crippen molar-refractivity contribution in [3.05, 3.63) is 23.1 Å². The van der Waals surface area contributed by atoms with Crippen LogP contribution in [0.1, 0.15) is 12.8 Å². The van der Waals surface area contributed by atoms with Gasteiger partial charge in [0, 0.05) is 25.3 Å². The Balaban J connectivity index is 1.93. The number of fused-ring (bicyclic) bond motifs is 1. The van der Waals surface area contributed by atoms with E-state index in [2.05, 4.69) is 14.5 Å². The minimum absolute atomic E-state index is 0.552. The highest BCUT2D eigenvalue weighted by Gasteiger charge is 2.16. The molecule has 17 heavy (non-hydrogen) atoms. The van der Waals surface area contributed by atoms with Gasteiger partial charge in [-0.3, -0.25) is 0 Å². The van der Waals surface area contributed by atoms with Crippen molar-refractivity contribution in [1.82, 2.24) is 14.5 Å². The molecule has 3 heterocycles. The third kappa shape index (κ3) is 2.12. The summed E-state index contributed by atoms with van der Waals surface area (Å²) in [5, 5.41) is 0. The standard InChI is InChI=1S/C12H15N3OS/c17-12-14-10-4-1-5-13-11(10)15(12)7-9-3-2-6-16-8-9/h1,4-5,9H,2-3,6-8H2,(H,14,17). The topological polar surface area (TPSA) is 42.8 Å². The molecular formula is C12H15N3OS. The van der Waals surface area contributed by atoms with Crippen LogP contribution in [0.5, 0.6) is 0 Å². The summed E-state index contributed by atoms with van der Waals surface area (Å²) in [6, 6.07) is 3.92. The Morgan fingerprint density at radius 1 is 1.59 bits per heavy atom. The number of aromatic nitrogens is 3. The van der Waals surface area contributed by atoms with Gasteiger partial charge in [-0.25, -0.2) is 4.98 Å². The van der Waals surface area contributed by atoms with E-state index in [9.17, 15) is 0 Å². The molecule has 4 nitrogen and oxygen atoms in total. The number of aromatic amines is 1. The number of pyridine rings is 1. The Bertz CT molecular complexity index is 568. The van der Waals surface area contributed by atoms with Crippen molar-refractivity contribution in [3.63, 3.8) is 0 Å². The van der Waals surface area contributed by atoms with Crippen LogP contribution in [0.25, 0.3) is 11.2 Å². The van der Waals surface area contributed by atoms with Gasteiger partial charge in [0.05, 0.1) is 12.1 Å². The van der Waals surface area contributed by atoms with Crippen LogP contribution in [0.2, 0.25) is 0 Å². The van der Waals surface area contributed by atoms with Gasteiger partial charge in [0.15, 0.2) is 10.4 Å². The molecule has 0 bridgehead atoms. The van der Waals surface area contributed by atoms with Crippen LogP contribution in [0, 0.1) is 10.7 Å². The molecule has 0 spiro atoms. The van der Waals surface area contributed by atoms with Crippen LogP contribution in [-0.2, 0) is 11.3 Å². The number of H-pyrrole nitrogens is 1. The number of hydrogen-bond acceptors (Lipinski definition) is 3. The number of ether oxygens (including phenoxy) is 1. The maximum Gasteiger partial charge on any atom is 0.179 e. The van der Waals surface area contributed by atoms with E-state index in [1.54, 1.807) is 6.20 Å². The largest absolute Gasteiger partial charge is 0.381 e. The predicted molar refractivity (Wildman–Crippen MR) is 68.5 cm³/mol. The molecule has 2 aromatic rings. The second-order valence-corrected chi connectivity index (χ2v) is 4.89. The Hall–Kier alpha value is -1.20. The van der Waals surface area contributed by atoms with Crippen LogP contribution in [0.4, 0.5) is 0 Å². The van der Waals surface area contributed by atoms with Crippen molar-refractivity contribution >= 4 is 23.4 Å². The summed E-state index contributed by atoms with van der Waals surface area (Å²) in [6.07, 6.45) is 4.16. The second-order valence-electron chi connectivity index (χ2n) is 4.50. The molecule has 1 fully saturated rings. The van der Waals surface area contributed by atoms with Gasteiger partial charge >= 0.3 is 0 Å². The van der Waals surface area contributed by atoms with Gasteiger partial charge in [0.1, 0.15) is 0 Å². The number of imidazole rings is 1. The first kappa shape index (κ1) is 10.9. The fourth-order valence-electron chi connectivity index (χ4n) is 2.37. The van der Waals surface area contributed by atoms with Gasteiger partial charge in [0.2, 0.25) is 0 Å². The molecular weight excluding hydrogens is 234 g/mol. The van der Waals surface area contributed by atoms with Gasteiger partial charge in [-0.15, -0.1) is 0 Å². The van der Waals surface area contributed by atoms with Crippen LogP contribution in [-0.4, -0.2) is 27.7 Å². The lowest BCUT2D eigenvalue weighted by Crippen LogP contribution is -2.22. The van der Waals surface area contributed by atoms with Gasteiger partial charge in [-0.1, -0.05) is 0 Å². The molecule has 3 rings (SSSR count). The molecule has 0 aromatic carbocycles. The molecule has 1 aliphatic rings. The van der Waals surface area contributed by atoms with Crippen molar-refractivity contribution < 1.29 is 4.74 Å². The quantitative estimate of drug-likeness (QED) is 0.832. The molecule has 0 amide bonds. The average Bonchev–Trinajstić information content (AvgIpc) is 2.68. The van der Waals surface area contributed by atoms with Crippen molar-refractivity contribution in [3.8, 4) is 0 Å². The van der Waals surface area contributed by atoms with Crippen LogP contribution in [0.15, 0.2) is 18.3 Å². The van der Waals surface area contributed by atoms with Gasteiger partial charge < -0.3 is 14.3 Å². The second kappa shape index (κ2) is 4.58. The zero-order chi connectivity index (χ0) is 11.7. The zero-order valence-electron chi connectivity index (χ0n) is 9.56. The fraction of sp³-hybridized carbons (Fsp3) is 0.500. The summed E-state index contributed by atoms with van der Waals surface area (Å²) >= 11 is 5.35. The van der Waals surface area contributed by atoms with Gasteiger partial charge in [-0.05, 0) is 37.2 Å². The lowest BCUT2D eigenvalue weighted by Gasteiger charge is -2.22. The summed E-state index contributed by atoms with van der Waals surface area (Å²) < 4.78 is 8.35. The van der Waals surface area contributed by atoms with E-state index in [-0.39, 0.29) is 0 Å². The van der Waals surface area contributed by atoms with Crippen molar-refractivity contribution in [2.24, 2.45) is 5.92 Å². The van der Waals surface area contributed by atoms with E-state index < -0.39 is 0 Å². The van der Waals surface area contributed by atoms with E-state index >= 15 is 0 Å². The molecule has 1 saturated heterocycles. The Labute approximate surface area is 105 Å². The average molecular weight is 249 g/mol. The monoisotopic (exact) mass is 249 g/mol. The lowest BCUT2D eigenvalue weighted by molar-refractivity contribution is 0.0486. The first-order valence-corrected chi connectivity index (χ1v) is 6.37. The van der Waals surface area contributed by atoms with Gasteiger partial charge in [0.25, 0.3) is 0 Å². The van der Waals surface area contributed by atoms with Crippen molar-refractivity contribution in [2.75, 3.05) is 13.2 Å². The molecule has 0 aliphatic carbocycles. The number of nitrogens with zero attached hydrogens (tertiary/aromatic N) is 2. The molecule has 1 aliphatic heterocycles. The third-order valence-electron chi connectivity index (χ3n) is 3.22. The summed E-state index contributed by atoms with van der Waals surface area (Å²) in [5.74, 6) is 0.552. The Morgan fingerprint density at radius 3 is 3.35 bits per heavy atom. The SMILES string of the molecule is S=c1[nH]c2cccnc2n1CC1CCCOC1. The molecule has 5 heteroatoms. The molecule has 90 valence electrons. The maximum atomic E-state index is 5.50. The Kier molecular flexibility index (Phi) is 2.94. The molecule has 0 saturated carbocycles. The zero-order valence-corrected chi connectivity index (χ0v) is 10.4. The Morgan fingerprint density at radius 2 is 2.53 bits per heavy atom. The van der Waals surface area contributed by atoms with Crippen molar-refractivity contribution in [1.29, 1.82) is 0 Å². The van der Waals surface area contributed by atoms with Crippen LogP contribution < -0.4 is 0 Å². The third-order valence-corrected chi connectivity index (χ3v) is 3.55. The first-order chi connectivity index (χ1) is 8.34. The summed E-state index contributed by atoms with van der Waals surface area (Å²) in [6.45, 7) is 2.63. The van der Waals surface area contributed by atoms with Crippen molar-refractivity contribution in [2.45, 2.75) is 19.4 Å². The minimum Gasteiger partial charge on any atom is -0.381 e. The van der Waals surface area contributed by atoms with Gasteiger partial charge in [-0.2, -0.15) is 0 Å². The normalized spacial score (nSPS) is 20.8. The highest BCUT2D eigenvalue weighted by molar-refractivity contribution is 7.71. The highest BCUT2D eigenvalue weighted by Crippen LogP contribution is 2.19. The van der Waals surface area contributed by atoms with E-state index in [1.807, 2.05) is 12.1 Å². The predicted octanol–water partition coefficient (Wildman–Crippen LogP) is 2.52. The van der Waals surface area contributed by atoms with Crippen LogP contribution >= 0.6 is 12.2 Å². The summed E-state index contributed by atoms with van der Waals surface area (Å²) in [5.41, 5.74) is 1.96. The summed E-state index contributed by atoms with van der Waals surface area (Å²) in [4.78, 5) is 7.58. The smallest absolute Gasteiger partial charge is 0.179 e. The number of hydrogen-bond donors (Lipinski definition) is 1. The van der Waals surface area contributed by atoms with E-state index in [0.717, 1.165) is 42.1 Å². The van der Waals surface area contributed by atoms with E-state index in [1.165, 1.54) is 6.42 Å². The number of rotatable bonds is 2. The molecule has 1 N–H and O–H groups in total. The van der Waals surface area contributed by atoms with E-state index in [0.29, 0.717) is 5.92 Å². The van der Waals surface area contributed by atoms with Crippen LogP contribution in [0.3, 0.4) is 0 Å². The maximum absolute atomic E-state index is 5.50. The first-order valence-electron chi connectivity index (χ1n) is 5.96. The highest BCUT2D eigenvalue weighted by atomic mass is 32.1. The molecule has 2 aromatic heterocycles. The molecule has 0 radical (unpaired) electrons. The molecule has 1 unspecified atom stereocenters. The van der Waals surface area contributed by atoms with E-state index in [4.69, 9.17) is 17.0 Å². The summed E-state index contributed by atoms with van der Waals surface area (Å²) in [7, 11) is 0. The fourth-order valence-corrected chi connectivity index (χ4v) is 2.64.